The zero-order chi connectivity index (χ0) is 16.6. The number of aromatic nitrogens is 1. The number of nitrogens with one attached hydrogen (secondary N) is 1. The molecule has 0 unspecified atom stereocenters. The Labute approximate surface area is 129 Å². The van der Waals surface area contributed by atoms with Gasteiger partial charge in [-0.15, -0.1) is 11.3 Å². The predicted molar refractivity (Wildman–Crippen MR) is 74.8 cm³/mol. The predicted octanol–water partition coefficient (Wildman–Crippen LogP) is 3.32. The number of nitrogens with zero attached hydrogens (tertiary/aromatic N) is 1. The summed E-state index contributed by atoms with van der Waals surface area (Å²) in [6, 6.07) is 0. The normalized spacial score (nSPS) is 11.4. The molecule has 1 aromatic rings. The van der Waals surface area contributed by atoms with E-state index in [-0.39, 0.29) is 13.0 Å². The van der Waals surface area contributed by atoms with E-state index in [0.29, 0.717) is 24.2 Å². The average molecular weight is 338 g/mol. The first kappa shape index (κ1) is 18.4. The number of halogens is 3. The monoisotopic (exact) mass is 338 g/mol. The molecule has 0 aliphatic carbocycles. The van der Waals surface area contributed by atoms with E-state index in [9.17, 15) is 22.8 Å². The SMILES string of the molecule is O=C(O)CCCCCCCNC(=O)c1ncsc1C(F)(F)F. The van der Waals surface area contributed by atoms with Crippen LogP contribution in [0.3, 0.4) is 0 Å². The average Bonchev–Trinajstić information content (AvgIpc) is 2.90. The number of carbonyl (C=O) groups excluding carboxylic acids is 1. The molecule has 1 heterocycles. The second-order valence-corrected chi connectivity index (χ2v) is 5.55. The Kier molecular flexibility index (Phi) is 7.30. The number of unbranched alkanes of at least 4 members (excludes halogenated alkanes) is 4. The van der Waals surface area contributed by atoms with Gasteiger partial charge < -0.3 is 10.4 Å². The van der Waals surface area contributed by atoms with Crippen LogP contribution < -0.4 is 5.32 Å². The summed E-state index contributed by atoms with van der Waals surface area (Å²) in [5, 5.41) is 10.9. The highest BCUT2D eigenvalue weighted by molar-refractivity contribution is 7.10. The van der Waals surface area contributed by atoms with Crippen molar-refractivity contribution < 1.29 is 27.9 Å². The maximum atomic E-state index is 12.6. The topological polar surface area (TPSA) is 79.3 Å². The first-order valence-electron chi connectivity index (χ1n) is 6.83. The fourth-order valence-electron chi connectivity index (χ4n) is 1.83. The fraction of sp³-hybridized carbons (Fsp3) is 0.615. The van der Waals surface area contributed by atoms with Gasteiger partial charge in [0.15, 0.2) is 5.69 Å². The summed E-state index contributed by atoms with van der Waals surface area (Å²) in [5.41, 5.74) is 0.416. The summed E-state index contributed by atoms with van der Waals surface area (Å²) >= 11 is 0.395. The largest absolute Gasteiger partial charge is 0.481 e. The molecule has 0 atom stereocenters. The molecule has 2 N–H and O–H groups in total. The number of thiazole rings is 1. The highest BCUT2D eigenvalue weighted by Gasteiger charge is 2.37. The highest BCUT2D eigenvalue weighted by atomic mass is 32.1. The van der Waals surface area contributed by atoms with Crippen LogP contribution in [-0.2, 0) is 11.0 Å². The fourth-order valence-corrected chi connectivity index (χ4v) is 2.48. The molecule has 1 amide bonds. The van der Waals surface area contributed by atoms with Gasteiger partial charge in [-0.3, -0.25) is 9.59 Å². The third-order valence-electron chi connectivity index (χ3n) is 2.89. The highest BCUT2D eigenvalue weighted by Crippen LogP contribution is 2.34. The summed E-state index contributed by atoms with van der Waals surface area (Å²) < 4.78 is 37.8. The Hall–Kier alpha value is -1.64. The number of hydrogen-bond donors (Lipinski definition) is 2. The molecule has 0 radical (unpaired) electrons. The molecule has 22 heavy (non-hydrogen) atoms. The van der Waals surface area contributed by atoms with Crippen LogP contribution in [0, 0.1) is 0 Å². The van der Waals surface area contributed by atoms with Crippen molar-refractivity contribution in [1.82, 2.24) is 10.3 Å². The van der Waals surface area contributed by atoms with E-state index in [1.807, 2.05) is 0 Å². The van der Waals surface area contributed by atoms with Crippen molar-refractivity contribution >= 4 is 23.2 Å². The molecule has 1 rings (SSSR count). The molecule has 0 saturated carbocycles. The minimum atomic E-state index is -4.57. The van der Waals surface area contributed by atoms with Crippen LogP contribution in [0.2, 0.25) is 0 Å². The zero-order valence-electron chi connectivity index (χ0n) is 11.8. The molecule has 0 aromatic carbocycles. The number of hydrogen-bond acceptors (Lipinski definition) is 4. The Bertz CT molecular complexity index is 503. The van der Waals surface area contributed by atoms with Gasteiger partial charge in [0.05, 0.1) is 5.51 Å². The van der Waals surface area contributed by atoms with Gasteiger partial charge in [0.25, 0.3) is 5.91 Å². The number of rotatable bonds is 9. The van der Waals surface area contributed by atoms with Crippen LogP contribution in [0.1, 0.15) is 53.9 Å². The zero-order valence-corrected chi connectivity index (χ0v) is 12.6. The van der Waals surface area contributed by atoms with Gasteiger partial charge >= 0.3 is 12.1 Å². The number of aliphatic carboxylic acids is 1. The number of carbonyl (C=O) groups is 2. The second-order valence-electron chi connectivity index (χ2n) is 4.70. The molecule has 9 heteroatoms. The maximum Gasteiger partial charge on any atom is 0.427 e. The molecule has 0 fully saturated rings. The van der Waals surface area contributed by atoms with Crippen LogP contribution in [-0.4, -0.2) is 28.5 Å². The van der Waals surface area contributed by atoms with Gasteiger partial charge in [-0.1, -0.05) is 19.3 Å². The molecule has 0 aliphatic rings. The lowest BCUT2D eigenvalue weighted by molar-refractivity contribution is -0.137. The molecule has 0 bridgehead atoms. The van der Waals surface area contributed by atoms with Gasteiger partial charge in [0.2, 0.25) is 0 Å². The molecular formula is C13H17F3N2O3S. The van der Waals surface area contributed by atoms with Crippen LogP contribution in [0.5, 0.6) is 0 Å². The number of carboxylic acids is 1. The lowest BCUT2D eigenvalue weighted by Gasteiger charge is -2.07. The van der Waals surface area contributed by atoms with E-state index < -0.39 is 28.6 Å². The van der Waals surface area contributed by atoms with Crippen molar-refractivity contribution in [3.05, 3.63) is 16.1 Å². The van der Waals surface area contributed by atoms with Crippen molar-refractivity contribution in [2.45, 2.75) is 44.7 Å². The van der Waals surface area contributed by atoms with Gasteiger partial charge in [0, 0.05) is 13.0 Å². The van der Waals surface area contributed by atoms with Crippen LogP contribution in [0.15, 0.2) is 5.51 Å². The lowest BCUT2D eigenvalue weighted by Crippen LogP contribution is -2.26. The molecule has 124 valence electrons. The summed E-state index contributed by atoms with van der Waals surface area (Å²) in [6.07, 6.45) is -0.806. The number of amides is 1. The lowest BCUT2D eigenvalue weighted by atomic mass is 10.1. The van der Waals surface area contributed by atoms with Gasteiger partial charge in [-0.05, 0) is 12.8 Å². The summed E-state index contributed by atoms with van der Waals surface area (Å²) in [5.74, 6) is -1.64. The van der Waals surface area contributed by atoms with Crippen molar-refractivity contribution in [1.29, 1.82) is 0 Å². The quantitative estimate of drug-likeness (QED) is 0.677. The molecular weight excluding hydrogens is 321 g/mol. The maximum absolute atomic E-state index is 12.6. The second kappa shape index (κ2) is 8.72. The first-order chi connectivity index (χ1) is 10.3. The summed E-state index contributed by atoms with van der Waals surface area (Å²) in [7, 11) is 0. The summed E-state index contributed by atoms with van der Waals surface area (Å²) in [6.45, 7) is 0.270. The van der Waals surface area contributed by atoms with Crippen LogP contribution >= 0.6 is 11.3 Å². The summed E-state index contributed by atoms with van der Waals surface area (Å²) in [4.78, 5) is 24.4. The number of carboxylic acid groups (broad SMARTS) is 1. The Morgan fingerprint density at radius 1 is 1.18 bits per heavy atom. The minimum absolute atomic E-state index is 0.140. The van der Waals surface area contributed by atoms with E-state index in [2.05, 4.69) is 10.3 Å². The van der Waals surface area contributed by atoms with E-state index in [0.717, 1.165) is 24.8 Å². The van der Waals surface area contributed by atoms with Crippen molar-refractivity contribution in [2.75, 3.05) is 6.54 Å². The van der Waals surface area contributed by atoms with Crippen LogP contribution in [0.25, 0.3) is 0 Å². The molecule has 5 nitrogen and oxygen atoms in total. The Balaban J connectivity index is 2.22. The number of alkyl halides is 3. The first-order valence-corrected chi connectivity index (χ1v) is 7.71. The van der Waals surface area contributed by atoms with Crippen molar-refractivity contribution in [3.8, 4) is 0 Å². The van der Waals surface area contributed by atoms with Crippen LogP contribution in [0.4, 0.5) is 13.2 Å². The van der Waals surface area contributed by atoms with E-state index in [1.54, 1.807) is 0 Å². The Morgan fingerprint density at radius 3 is 2.45 bits per heavy atom. The van der Waals surface area contributed by atoms with Gasteiger partial charge in [-0.2, -0.15) is 13.2 Å². The standard InChI is InChI=1S/C13H17F3N2O3S/c14-13(15,16)11-10(18-8-22-11)12(21)17-7-5-3-1-2-4-6-9(19)20/h8H,1-7H2,(H,17,21)(H,19,20). The Morgan fingerprint density at radius 2 is 1.82 bits per heavy atom. The third kappa shape index (κ3) is 6.42. The van der Waals surface area contributed by atoms with Gasteiger partial charge in [-0.25, -0.2) is 4.98 Å². The smallest absolute Gasteiger partial charge is 0.427 e. The van der Waals surface area contributed by atoms with Crippen molar-refractivity contribution in [2.24, 2.45) is 0 Å². The minimum Gasteiger partial charge on any atom is -0.481 e. The van der Waals surface area contributed by atoms with E-state index in [1.165, 1.54) is 0 Å². The molecule has 0 spiro atoms. The van der Waals surface area contributed by atoms with E-state index in [4.69, 9.17) is 5.11 Å². The van der Waals surface area contributed by atoms with Gasteiger partial charge in [0.1, 0.15) is 4.88 Å². The van der Waals surface area contributed by atoms with E-state index >= 15 is 0 Å². The third-order valence-corrected chi connectivity index (χ3v) is 3.76. The molecule has 1 aromatic heterocycles. The van der Waals surface area contributed by atoms with Crippen molar-refractivity contribution in [3.63, 3.8) is 0 Å². The molecule has 0 aliphatic heterocycles. The molecule has 0 saturated heterocycles.